The van der Waals surface area contributed by atoms with Crippen LogP contribution in [0.4, 0.5) is 0 Å². The van der Waals surface area contributed by atoms with Crippen LogP contribution in [0.15, 0.2) is 12.4 Å². The van der Waals surface area contributed by atoms with Crippen LogP contribution < -0.4 is 5.32 Å². The normalized spacial score (nSPS) is 10.7. The number of aryl methyl sites for hydroxylation is 1. The highest BCUT2D eigenvalue weighted by Gasteiger charge is 2.19. The Morgan fingerprint density at radius 3 is 2.62 bits per heavy atom. The molecule has 1 N–H and O–H groups in total. The predicted molar refractivity (Wildman–Crippen MR) is 91.6 cm³/mol. The number of nitrogens with zero attached hydrogens (tertiary/aromatic N) is 3. The van der Waals surface area contributed by atoms with E-state index < -0.39 is 0 Å². The summed E-state index contributed by atoms with van der Waals surface area (Å²) in [6.45, 7) is 8.02. The van der Waals surface area contributed by atoms with Crippen molar-refractivity contribution in [3.63, 3.8) is 0 Å². The Bertz CT molecular complexity index is 517. The number of methoxy groups -OCH3 is 1. The summed E-state index contributed by atoms with van der Waals surface area (Å²) >= 11 is 0. The second-order valence-corrected chi connectivity index (χ2v) is 6.13. The van der Waals surface area contributed by atoms with Gasteiger partial charge >= 0.3 is 0 Å². The average Bonchev–Trinajstić information content (AvgIpc) is 2.55. The Labute approximate surface area is 143 Å². The molecule has 7 heteroatoms. The molecule has 0 aromatic carbocycles. The lowest BCUT2D eigenvalue weighted by atomic mass is 10.2. The molecule has 0 spiro atoms. The van der Waals surface area contributed by atoms with Crippen molar-refractivity contribution < 1.29 is 14.3 Å². The molecular weight excluding hydrogens is 308 g/mol. The van der Waals surface area contributed by atoms with Crippen molar-refractivity contribution in [3.8, 4) is 0 Å². The standard InChI is InChI=1S/C17H28N4O3/c1-13(2)12-21(8-6-16(22)18-7-5-9-24-4)17(23)15-11-19-14(3)10-20-15/h10-11,13H,5-9,12H2,1-4H3,(H,18,22). The van der Waals surface area contributed by atoms with Crippen LogP contribution in [0.3, 0.4) is 0 Å². The molecule has 24 heavy (non-hydrogen) atoms. The molecule has 7 nitrogen and oxygen atoms in total. The van der Waals surface area contributed by atoms with Gasteiger partial charge in [0.15, 0.2) is 0 Å². The first-order valence-electron chi connectivity index (χ1n) is 8.27. The molecule has 0 fully saturated rings. The number of hydrogen-bond donors (Lipinski definition) is 1. The summed E-state index contributed by atoms with van der Waals surface area (Å²) in [5, 5.41) is 2.83. The number of carbonyl (C=O) groups is 2. The van der Waals surface area contributed by atoms with Crippen LogP contribution in [0, 0.1) is 12.8 Å². The van der Waals surface area contributed by atoms with Crippen molar-refractivity contribution in [2.45, 2.75) is 33.6 Å². The number of ether oxygens (including phenoxy) is 1. The van der Waals surface area contributed by atoms with Crippen LogP contribution in [-0.4, -0.2) is 60.0 Å². The second-order valence-electron chi connectivity index (χ2n) is 6.13. The number of carbonyl (C=O) groups excluding carboxylic acids is 2. The Kier molecular flexibility index (Phi) is 8.93. The van der Waals surface area contributed by atoms with E-state index in [4.69, 9.17) is 4.74 Å². The smallest absolute Gasteiger partial charge is 0.274 e. The van der Waals surface area contributed by atoms with Crippen molar-refractivity contribution in [2.75, 3.05) is 33.4 Å². The zero-order valence-electron chi connectivity index (χ0n) is 15.0. The van der Waals surface area contributed by atoms with E-state index in [1.54, 1.807) is 18.2 Å². The summed E-state index contributed by atoms with van der Waals surface area (Å²) < 4.78 is 4.94. The van der Waals surface area contributed by atoms with E-state index in [0.29, 0.717) is 37.9 Å². The van der Waals surface area contributed by atoms with Gasteiger partial charge in [-0.1, -0.05) is 13.8 Å². The van der Waals surface area contributed by atoms with Crippen molar-refractivity contribution in [1.82, 2.24) is 20.2 Å². The molecular formula is C17H28N4O3. The van der Waals surface area contributed by atoms with Gasteiger partial charge in [-0.2, -0.15) is 0 Å². The van der Waals surface area contributed by atoms with Crippen molar-refractivity contribution in [2.24, 2.45) is 5.92 Å². The van der Waals surface area contributed by atoms with Gasteiger partial charge in [0.1, 0.15) is 5.69 Å². The minimum Gasteiger partial charge on any atom is -0.385 e. The third kappa shape index (κ3) is 7.50. The third-order valence-corrected chi connectivity index (χ3v) is 3.33. The quantitative estimate of drug-likeness (QED) is 0.653. The first kappa shape index (κ1) is 20.0. The molecule has 0 aliphatic heterocycles. The topological polar surface area (TPSA) is 84.4 Å². The highest BCUT2D eigenvalue weighted by Crippen LogP contribution is 2.06. The fourth-order valence-electron chi connectivity index (χ4n) is 2.15. The molecule has 0 aliphatic rings. The van der Waals surface area contributed by atoms with Crippen LogP contribution in [0.5, 0.6) is 0 Å². The molecule has 0 saturated carbocycles. The van der Waals surface area contributed by atoms with Gasteiger partial charge in [0.2, 0.25) is 5.91 Å². The SMILES string of the molecule is COCCCNC(=O)CCN(CC(C)C)C(=O)c1cnc(C)cn1. The van der Waals surface area contributed by atoms with E-state index >= 15 is 0 Å². The zero-order valence-corrected chi connectivity index (χ0v) is 15.0. The van der Waals surface area contributed by atoms with Crippen molar-refractivity contribution in [3.05, 3.63) is 23.8 Å². The molecule has 134 valence electrons. The number of amides is 2. The Morgan fingerprint density at radius 2 is 2.04 bits per heavy atom. The summed E-state index contributed by atoms with van der Waals surface area (Å²) in [4.78, 5) is 34.4. The Hall–Kier alpha value is -2.02. The van der Waals surface area contributed by atoms with Gasteiger partial charge in [-0.15, -0.1) is 0 Å². The molecule has 1 rings (SSSR count). The maximum Gasteiger partial charge on any atom is 0.274 e. The number of nitrogens with one attached hydrogen (secondary N) is 1. The van der Waals surface area contributed by atoms with E-state index in [1.807, 2.05) is 20.8 Å². The van der Waals surface area contributed by atoms with E-state index in [1.165, 1.54) is 6.20 Å². The number of hydrogen-bond acceptors (Lipinski definition) is 5. The van der Waals surface area contributed by atoms with Gasteiger partial charge in [0.05, 0.1) is 11.9 Å². The Balaban J connectivity index is 2.57. The zero-order chi connectivity index (χ0) is 17.9. The maximum absolute atomic E-state index is 12.6. The summed E-state index contributed by atoms with van der Waals surface area (Å²) in [5.74, 6) is 0.0446. The minimum atomic E-state index is -0.191. The van der Waals surface area contributed by atoms with Gasteiger partial charge in [-0.05, 0) is 19.3 Å². The maximum atomic E-state index is 12.6. The second kappa shape index (κ2) is 10.7. The fraction of sp³-hybridized carbons (Fsp3) is 0.647. The van der Waals surface area contributed by atoms with Crippen molar-refractivity contribution >= 4 is 11.8 Å². The number of aromatic nitrogens is 2. The molecule has 0 saturated heterocycles. The largest absolute Gasteiger partial charge is 0.385 e. The van der Waals surface area contributed by atoms with Gasteiger partial charge < -0.3 is 15.0 Å². The molecule has 1 aromatic rings. The molecule has 1 aromatic heterocycles. The van der Waals surface area contributed by atoms with E-state index in [2.05, 4.69) is 15.3 Å². The minimum absolute atomic E-state index is 0.0670. The predicted octanol–water partition coefficient (Wildman–Crippen LogP) is 1.43. The molecule has 0 bridgehead atoms. The van der Waals surface area contributed by atoms with Gasteiger partial charge in [-0.3, -0.25) is 14.6 Å². The average molecular weight is 336 g/mol. The first-order chi connectivity index (χ1) is 11.4. The van der Waals surface area contributed by atoms with E-state index in [0.717, 1.165) is 12.1 Å². The number of rotatable bonds is 10. The van der Waals surface area contributed by atoms with E-state index in [-0.39, 0.29) is 18.2 Å². The lowest BCUT2D eigenvalue weighted by Crippen LogP contribution is -2.38. The van der Waals surface area contributed by atoms with Crippen molar-refractivity contribution in [1.29, 1.82) is 0 Å². The monoisotopic (exact) mass is 336 g/mol. The van der Waals surface area contributed by atoms with Gasteiger partial charge in [0.25, 0.3) is 5.91 Å². The molecule has 0 aliphatic carbocycles. The summed E-state index contributed by atoms with van der Waals surface area (Å²) in [7, 11) is 1.63. The van der Waals surface area contributed by atoms with Crippen LogP contribution in [0.2, 0.25) is 0 Å². The summed E-state index contributed by atoms with van der Waals surface area (Å²) in [5.41, 5.74) is 1.07. The molecule has 0 unspecified atom stereocenters. The van der Waals surface area contributed by atoms with Crippen LogP contribution in [0.1, 0.15) is 42.9 Å². The summed E-state index contributed by atoms with van der Waals surface area (Å²) in [6.07, 6.45) is 4.10. The lowest BCUT2D eigenvalue weighted by Gasteiger charge is -2.24. The fourth-order valence-corrected chi connectivity index (χ4v) is 2.15. The molecule has 0 atom stereocenters. The molecule has 1 heterocycles. The lowest BCUT2D eigenvalue weighted by molar-refractivity contribution is -0.121. The first-order valence-corrected chi connectivity index (χ1v) is 8.27. The highest BCUT2D eigenvalue weighted by atomic mass is 16.5. The third-order valence-electron chi connectivity index (χ3n) is 3.33. The molecule has 0 radical (unpaired) electrons. The van der Waals surface area contributed by atoms with Gasteiger partial charge in [-0.25, -0.2) is 4.98 Å². The van der Waals surface area contributed by atoms with Crippen LogP contribution in [0.25, 0.3) is 0 Å². The summed E-state index contributed by atoms with van der Waals surface area (Å²) in [6, 6.07) is 0. The molecule has 2 amide bonds. The van der Waals surface area contributed by atoms with Crippen LogP contribution in [-0.2, 0) is 9.53 Å². The van der Waals surface area contributed by atoms with Crippen LogP contribution >= 0.6 is 0 Å². The van der Waals surface area contributed by atoms with E-state index in [9.17, 15) is 9.59 Å². The highest BCUT2D eigenvalue weighted by molar-refractivity contribution is 5.92. The Morgan fingerprint density at radius 1 is 1.29 bits per heavy atom. The van der Waals surface area contributed by atoms with Gasteiger partial charge in [0, 0.05) is 46.0 Å².